The average molecular weight is 239 g/mol. The number of hydrogen-bond donors (Lipinski definition) is 1. The van der Waals surface area contributed by atoms with E-state index in [0.29, 0.717) is 6.04 Å². The molecule has 0 aliphatic carbocycles. The molecule has 16 heavy (non-hydrogen) atoms. The van der Waals surface area contributed by atoms with Gasteiger partial charge in [0, 0.05) is 6.04 Å². The van der Waals surface area contributed by atoms with Crippen molar-refractivity contribution in [2.24, 2.45) is 0 Å². The Morgan fingerprint density at radius 3 is 2.75 bits per heavy atom. The smallest absolute Gasteiger partial charge is 0.123 e. The fourth-order valence-electron chi connectivity index (χ4n) is 2.19. The highest BCUT2D eigenvalue weighted by Gasteiger charge is 2.30. The Morgan fingerprint density at radius 1 is 1.44 bits per heavy atom. The summed E-state index contributed by atoms with van der Waals surface area (Å²) in [7, 11) is 0. The standard InChI is InChI=1S/C13H18FNS/c1-10-7-8-16-13(2,15-10)9-11-3-5-12(14)6-4-11/h3-6,10,15H,7-9H2,1-2H3. The Morgan fingerprint density at radius 2 is 2.12 bits per heavy atom. The highest BCUT2D eigenvalue weighted by Crippen LogP contribution is 2.31. The highest BCUT2D eigenvalue weighted by atomic mass is 32.2. The van der Waals surface area contributed by atoms with E-state index in [2.05, 4.69) is 19.2 Å². The molecular formula is C13H18FNS. The molecule has 3 heteroatoms. The van der Waals surface area contributed by atoms with Gasteiger partial charge in [0.1, 0.15) is 5.82 Å². The monoisotopic (exact) mass is 239 g/mol. The van der Waals surface area contributed by atoms with Crippen molar-refractivity contribution in [2.75, 3.05) is 5.75 Å². The zero-order chi connectivity index (χ0) is 11.6. The summed E-state index contributed by atoms with van der Waals surface area (Å²) in [6, 6.07) is 7.40. The third-order valence-electron chi connectivity index (χ3n) is 2.98. The molecule has 0 bridgehead atoms. The molecule has 0 aromatic heterocycles. The summed E-state index contributed by atoms with van der Waals surface area (Å²) in [4.78, 5) is 0.0928. The van der Waals surface area contributed by atoms with Crippen LogP contribution in [0.15, 0.2) is 24.3 Å². The molecule has 0 saturated carbocycles. The molecule has 1 aliphatic heterocycles. The fraction of sp³-hybridized carbons (Fsp3) is 0.538. The minimum atomic E-state index is -0.161. The molecule has 88 valence electrons. The van der Waals surface area contributed by atoms with Gasteiger partial charge in [-0.3, -0.25) is 0 Å². The quantitative estimate of drug-likeness (QED) is 0.850. The second kappa shape index (κ2) is 4.76. The van der Waals surface area contributed by atoms with Crippen LogP contribution in [0, 0.1) is 5.82 Å². The van der Waals surface area contributed by atoms with Crippen molar-refractivity contribution < 1.29 is 4.39 Å². The molecule has 1 fully saturated rings. The van der Waals surface area contributed by atoms with Gasteiger partial charge in [0.25, 0.3) is 0 Å². The summed E-state index contributed by atoms with van der Waals surface area (Å²) in [5.41, 5.74) is 1.19. The van der Waals surface area contributed by atoms with E-state index >= 15 is 0 Å². The van der Waals surface area contributed by atoms with Gasteiger partial charge >= 0.3 is 0 Å². The first kappa shape index (κ1) is 11.9. The third-order valence-corrected chi connectivity index (χ3v) is 4.32. The van der Waals surface area contributed by atoms with E-state index in [1.807, 2.05) is 23.9 Å². The highest BCUT2D eigenvalue weighted by molar-refractivity contribution is 8.00. The zero-order valence-electron chi connectivity index (χ0n) is 9.79. The Kier molecular flexibility index (Phi) is 3.55. The van der Waals surface area contributed by atoms with Crippen molar-refractivity contribution >= 4 is 11.8 Å². The van der Waals surface area contributed by atoms with Crippen LogP contribution < -0.4 is 5.32 Å². The van der Waals surface area contributed by atoms with Crippen molar-refractivity contribution in [1.29, 1.82) is 0 Å². The third kappa shape index (κ3) is 2.98. The van der Waals surface area contributed by atoms with Gasteiger partial charge in [-0.15, -0.1) is 11.8 Å². The molecule has 1 N–H and O–H groups in total. The summed E-state index contributed by atoms with van der Waals surface area (Å²) in [5.74, 6) is 1.04. The maximum absolute atomic E-state index is 12.8. The Balaban J connectivity index is 2.05. The number of rotatable bonds is 2. The summed E-state index contributed by atoms with van der Waals surface area (Å²) in [6.45, 7) is 4.46. The van der Waals surface area contributed by atoms with Gasteiger partial charge in [0.15, 0.2) is 0 Å². The average Bonchev–Trinajstić information content (AvgIpc) is 2.21. The zero-order valence-corrected chi connectivity index (χ0v) is 10.6. The van der Waals surface area contributed by atoms with E-state index in [-0.39, 0.29) is 10.7 Å². The van der Waals surface area contributed by atoms with E-state index < -0.39 is 0 Å². The maximum atomic E-state index is 12.8. The van der Waals surface area contributed by atoms with E-state index in [4.69, 9.17) is 0 Å². The first-order valence-electron chi connectivity index (χ1n) is 5.73. The lowest BCUT2D eigenvalue weighted by Gasteiger charge is -2.38. The van der Waals surface area contributed by atoms with Crippen LogP contribution in [0.1, 0.15) is 25.8 Å². The van der Waals surface area contributed by atoms with Crippen molar-refractivity contribution in [2.45, 2.75) is 37.6 Å². The van der Waals surface area contributed by atoms with Crippen molar-refractivity contribution in [3.8, 4) is 0 Å². The molecule has 2 rings (SSSR count). The molecule has 1 aliphatic rings. The molecule has 0 spiro atoms. The van der Waals surface area contributed by atoms with Gasteiger partial charge in [-0.1, -0.05) is 12.1 Å². The van der Waals surface area contributed by atoms with Crippen molar-refractivity contribution in [1.82, 2.24) is 5.32 Å². The number of halogens is 1. The second-order valence-corrected chi connectivity index (χ2v) is 6.31. The van der Waals surface area contributed by atoms with Crippen LogP contribution in [0.25, 0.3) is 0 Å². The molecule has 1 nitrogen and oxygen atoms in total. The van der Waals surface area contributed by atoms with Crippen LogP contribution in [0.4, 0.5) is 4.39 Å². The van der Waals surface area contributed by atoms with Gasteiger partial charge in [0.05, 0.1) is 4.87 Å². The predicted molar refractivity (Wildman–Crippen MR) is 68.2 cm³/mol. The van der Waals surface area contributed by atoms with Crippen LogP contribution in [0.3, 0.4) is 0 Å². The van der Waals surface area contributed by atoms with E-state index in [1.54, 1.807) is 0 Å². The second-order valence-electron chi connectivity index (χ2n) is 4.72. The van der Waals surface area contributed by atoms with Crippen LogP contribution in [-0.4, -0.2) is 16.7 Å². The number of hydrogen-bond acceptors (Lipinski definition) is 2. The lowest BCUT2D eigenvalue weighted by atomic mass is 10.0. The Hall–Kier alpha value is -0.540. The molecule has 1 aromatic carbocycles. The van der Waals surface area contributed by atoms with Gasteiger partial charge in [-0.25, -0.2) is 4.39 Å². The molecule has 0 radical (unpaired) electrons. The van der Waals surface area contributed by atoms with Gasteiger partial charge < -0.3 is 5.32 Å². The Bertz CT molecular complexity index is 351. The van der Waals surface area contributed by atoms with Gasteiger partial charge in [0.2, 0.25) is 0 Å². The summed E-state index contributed by atoms with van der Waals surface area (Å²) in [5, 5.41) is 3.63. The van der Waals surface area contributed by atoms with Crippen LogP contribution in [0.5, 0.6) is 0 Å². The SMILES string of the molecule is CC1CCSC(C)(Cc2ccc(F)cc2)N1. The normalized spacial score (nSPS) is 30.3. The summed E-state index contributed by atoms with van der Waals surface area (Å²) < 4.78 is 12.8. The summed E-state index contributed by atoms with van der Waals surface area (Å²) >= 11 is 1.96. The maximum Gasteiger partial charge on any atom is 0.123 e. The van der Waals surface area contributed by atoms with Gasteiger partial charge in [-0.05, 0) is 50.1 Å². The number of benzene rings is 1. The molecular weight excluding hydrogens is 221 g/mol. The van der Waals surface area contributed by atoms with Crippen molar-refractivity contribution in [3.05, 3.63) is 35.6 Å². The minimum Gasteiger partial charge on any atom is -0.300 e. The Labute approximate surface area is 101 Å². The van der Waals surface area contributed by atoms with Crippen molar-refractivity contribution in [3.63, 3.8) is 0 Å². The molecule has 2 atom stereocenters. The molecule has 0 amide bonds. The largest absolute Gasteiger partial charge is 0.300 e. The minimum absolute atomic E-state index is 0.0928. The molecule has 1 aromatic rings. The first-order valence-corrected chi connectivity index (χ1v) is 6.72. The van der Waals surface area contributed by atoms with Crippen LogP contribution in [-0.2, 0) is 6.42 Å². The topological polar surface area (TPSA) is 12.0 Å². The van der Waals surface area contributed by atoms with Crippen LogP contribution >= 0.6 is 11.8 Å². The summed E-state index contributed by atoms with van der Waals surface area (Å²) in [6.07, 6.45) is 2.17. The molecule has 2 unspecified atom stereocenters. The lowest BCUT2D eigenvalue weighted by molar-refractivity contribution is 0.407. The number of nitrogens with one attached hydrogen (secondary N) is 1. The van der Waals surface area contributed by atoms with E-state index in [0.717, 1.165) is 6.42 Å². The van der Waals surface area contributed by atoms with Crippen LogP contribution in [0.2, 0.25) is 0 Å². The fourth-order valence-corrected chi connectivity index (χ4v) is 3.67. The predicted octanol–water partition coefficient (Wildman–Crippen LogP) is 3.20. The van der Waals surface area contributed by atoms with E-state index in [1.165, 1.54) is 29.9 Å². The number of thioether (sulfide) groups is 1. The first-order chi connectivity index (χ1) is 7.57. The lowest BCUT2D eigenvalue weighted by Crippen LogP contribution is -2.49. The van der Waals surface area contributed by atoms with Gasteiger partial charge in [-0.2, -0.15) is 0 Å². The molecule has 1 saturated heterocycles. The van der Waals surface area contributed by atoms with E-state index in [9.17, 15) is 4.39 Å². The molecule has 1 heterocycles.